The van der Waals surface area contributed by atoms with Gasteiger partial charge in [0.1, 0.15) is 0 Å². The van der Waals surface area contributed by atoms with Gasteiger partial charge in [0.05, 0.1) is 4.90 Å². The van der Waals surface area contributed by atoms with Gasteiger partial charge in [-0.05, 0) is 18.8 Å². The minimum atomic E-state index is -4.45. The molecule has 1 aliphatic heterocycles. The first kappa shape index (κ1) is 16.0. The molecule has 0 atom stereocenters. The third-order valence-electron chi connectivity index (χ3n) is 3.42. The van der Waals surface area contributed by atoms with Gasteiger partial charge in [-0.2, -0.15) is 18.3 Å². The normalized spacial score (nSPS) is 17.2. The minimum absolute atomic E-state index is 0.130. The number of rotatable bonds is 3. The summed E-state index contributed by atoms with van der Waals surface area (Å²) in [4.78, 5) is 12.3. The zero-order valence-electron chi connectivity index (χ0n) is 11.4. The molecule has 1 aliphatic rings. The predicted octanol–water partition coefficient (Wildman–Crippen LogP) is 2.92. The molecule has 0 radical (unpaired) electrons. The number of aryl methyl sites for hydroxylation is 1. The Bertz CT molecular complexity index is 510. The average molecular weight is 323 g/mol. The Labute approximate surface area is 124 Å². The van der Waals surface area contributed by atoms with Crippen LogP contribution in [-0.2, 0) is 13.2 Å². The second-order valence-electron chi connectivity index (χ2n) is 5.04. The van der Waals surface area contributed by atoms with Gasteiger partial charge in [0.25, 0.3) is 0 Å². The smallest absolute Gasteiger partial charge is 0.436 e. The van der Waals surface area contributed by atoms with Crippen molar-refractivity contribution in [3.05, 3.63) is 11.9 Å². The molecule has 0 aliphatic carbocycles. The van der Waals surface area contributed by atoms with Gasteiger partial charge in [0.15, 0.2) is 5.69 Å². The molecule has 1 N–H and O–H groups in total. The van der Waals surface area contributed by atoms with Crippen LogP contribution in [-0.4, -0.2) is 44.7 Å². The van der Waals surface area contributed by atoms with Gasteiger partial charge < -0.3 is 10.0 Å². The number of aromatic nitrogens is 2. The fourth-order valence-corrected chi connectivity index (χ4v) is 3.54. The first-order chi connectivity index (χ1) is 9.77. The Morgan fingerprint density at radius 2 is 2.10 bits per heavy atom. The van der Waals surface area contributed by atoms with Crippen LogP contribution in [0.15, 0.2) is 11.1 Å². The van der Waals surface area contributed by atoms with Crippen LogP contribution in [0.25, 0.3) is 0 Å². The van der Waals surface area contributed by atoms with Crippen molar-refractivity contribution in [3.63, 3.8) is 0 Å². The first-order valence-electron chi connectivity index (χ1n) is 6.49. The van der Waals surface area contributed by atoms with Crippen molar-refractivity contribution in [1.29, 1.82) is 0 Å². The van der Waals surface area contributed by atoms with Crippen LogP contribution in [0.5, 0.6) is 0 Å². The number of piperidine rings is 1. The van der Waals surface area contributed by atoms with Crippen LogP contribution in [0.2, 0.25) is 0 Å². The van der Waals surface area contributed by atoms with Crippen molar-refractivity contribution >= 4 is 17.9 Å². The van der Waals surface area contributed by atoms with Crippen LogP contribution >= 0.6 is 11.8 Å². The third kappa shape index (κ3) is 4.05. The largest absolute Gasteiger partial charge is 0.465 e. The van der Waals surface area contributed by atoms with Crippen LogP contribution in [0.3, 0.4) is 0 Å². The van der Waals surface area contributed by atoms with Gasteiger partial charge in [-0.15, -0.1) is 11.8 Å². The van der Waals surface area contributed by atoms with Gasteiger partial charge in [-0.3, -0.25) is 4.68 Å². The number of hydrogen-bond donors (Lipinski definition) is 1. The van der Waals surface area contributed by atoms with Gasteiger partial charge >= 0.3 is 12.3 Å². The molecule has 1 aromatic rings. The van der Waals surface area contributed by atoms with Crippen molar-refractivity contribution in [1.82, 2.24) is 14.7 Å². The molecule has 118 valence electrons. The molecule has 1 saturated heterocycles. The summed E-state index contributed by atoms with van der Waals surface area (Å²) in [6.45, 7) is 0.888. The summed E-state index contributed by atoms with van der Waals surface area (Å²) in [5, 5.41) is 12.3. The maximum absolute atomic E-state index is 12.8. The van der Waals surface area contributed by atoms with Crippen molar-refractivity contribution in [2.75, 3.05) is 18.8 Å². The van der Waals surface area contributed by atoms with E-state index in [9.17, 15) is 18.0 Å². The average Bonchev–Trinajstić information content (AvgIpc) is 2.78. The van der Waals surface area contributed by atoms with E-state index in [4.69, 9.17) is 5.11 Å². The highest BCUT2D eigenvalue weighted by Crippen LogP contribution is 2.37. The van der Waals surface area contributed by atoms with E-state index in [1.165, 1.54) is 18.1 Å². The number of amides is 1. The molecule has 0 saturated carbocycles. The van der Waals surface area contributed by atoms with E-state index < -0.39 is 18.0 Å². The van der Waals surface area contributed by atoms with E-state index in [1.807, 2.05) is 0 Å². The van der Waals surface area contributed by atoms with Gasteiger partial charge in [-0.25, -0.2) is 4.79 Å². The molecular weight excluding hydrogens is 307 g/mol. The molecule has 1 aromatic heterocycles. The zero-order chi connectivity index (χ0) is 15.6. The van der Waals surface area contributed by atoms with E-state index in [0.717, 1.165) is 16.4 Å². The van der Waals surface area contributed by atoms with Crippen molar-refractivity contribution in [2.45, 2.75) is 23.9 Å². The topological polar surface area (TPSA) is 58.4 Å². The molecule has 5 nitrogen and oxygen atoms in total. The predicted molar refractivity (Wildman–Crippen MR) is 71.3 cm³/mol. The molecule has 0 spiro atoms. The molecule has 9 heteroatoms. The standard InChI is InChI=1S/C12H16F3N3O2S/c1-17-6-9(10(16-17)12(13,14)15)21-7-8-2-4-18(5-3-8)11(19)20/h6,8H,2-5,7H2,1H3,(H,19,20). The fraction of sp³-hybridized carbons (Fsp3) is 0.667. The summed E-state index contributed by atoms with van der Waals surface area (Å²) < 4.78 is 39.6. The Morgan fingerprint density at radius 3 is 2.62 bits per heavy atom. The van der Waals surface area contributed by atoms with E-state index in [0.29, 0.717) is 31.7 Å². The second kappa shape index (κ2) is 6.17. The maximum Gasteiger partial charge on any atom is 0.436 e. The Morgan fingerprint density at radius 1 is 1.48 bits per heavy atom. The van der Waals surface area contributed by atoms with Crippen LogP contribution in [0.4, 0.5) is 18.0 Å². The maximum atomic E-state index is 12.8. The van der Waals surface area contributed by atoms with E-state index >= 15 is 0 Å². The molecule has 1 amide bonds. The third-order valence-corrected chi connectivity index (χ3v) is 4.67. The molecule has 2 rings (SSSR count). The highest BCUT2D eigenvalue weighted by atomic mass is 32.2. The molecule has 0 bridgehead atoms. The van der Waals surface area contributed by atoms with E-state index in [1.54, 1.807) is 0 Å². The number of carboxylic acid groups (broad SMARTS) is 1. The Balaban J connectivity index is 1.91. The van der Waals surface area contributed by atoms with Crippen molar-refractivity contribution < 1.29 is 23.1 Å². The highest BCUT2D eigenvalue weighted by molar-refractivity contribution is 7.99. The molecule has 0 aromatic carbocycles. The number of alkyl halides is 3. The quantitative estimate of drug-likeness (QED) is 0.869. The SMILES string of the molecule is Cn1cc(SCC2CCN(C(=O)O)CC2)c(C(F)(F)F)n1. The zero-order valence-corrected chi connectivity index (χ0v) is 12.2. The summed E-state index contributed by atoms with van der Waals surface area (Å²) in [5.74, 6) is 0.772. The van der Waals surface area contributed by atoms with Crippen molar-refractivity contribution in [3.8, 4) is 0 Å². The number of hydrogen-bond acceptors (Lipinski definition) is 3. The lowest BCUT2D eigenvalue weighted by atomic mass is 9.99. The summed E-state index contributed by atoms with van der Waals surface area (Å²) in [5.41, 5.74) is -0.849. The van der Waals surface area contributed by atoms with Gasteiger partial charge in [-0.1, -0.05) is 0 Å². The lowest BCUT2D eigenvalue weighted by molar-refractivity contribution is -0.143. The monoisotopic (exact) mass is 323 g/mol. The molecular formula is C12H16F3N3O2S. The number of nitrogens with zero attached hydrogens (tertiary/aromatic N) is 3. The number of likely N-dealkylation sites (tertiary alicyclic amines) is 1. The summed E-state index contributed by atoms with van der Waals surface area (Å²) in [6.07, 6.45) is -2.65. The first-order valence-corrected chi connectivity index (χ1v) is 7.47. The highest BCUT2D eigenvalue weighted by Gasteiger charge is 2.37. The fourth-order valence-electron chi connectivity index (χ4n) is 2.27. The second-order valence-corrected chi connectivity index (χ2v) is 6.10. The molecule has 0 unspecified atom stereocenters. The number of carbonyl (C=O) groups is 1. The minimum Gasteiger partial charge on any atom is -0.465 e. The lowest BCUT2D eigenvalue weighted by Crippen LogP contribution is -2.37. The van der Waals surface area contributed by atoms with Gasteiger partial charge in [0.2, 0.25) is 0 Å². The number of thioether (sulfide) groups is 1. The Kier molecular flexibility index (Phi) is 4.70. The summed E-state index contributed by atoms with van der Waals surface area (Å²) >= 11 is 1.14. The van der Waals surface area contributed by atoms with E-state index in [-0.39, 0.29) is 10.8 Å². The summed E-state index contributed by atoms with van der Waals surface area (Å²) in [6, 6.07) is 0. The van der Waals surface area contributed by atoms with Crippen molar-refractivity contribution in [2.24, 2.45) is 13.0 Å². The molecule has 2 heterocycles. The van der Waals surface area contributed by atoms with Gasteiger partial charge in [0, 0.05) is 32.1 Å². The Hall–Kier alpha value is -1.38. The molecule has 1 fully saturated rings. The van der Waals surface area contributed by atoms with Crippen LogP contribution in [0.1, 0.15) is 18.5 Å². The lowest BCUT2D eigenvalue weighted by Gasteiger charge is -2.29. The van der Waals surface area contributed by atoms with Crippen LogP contribution in [0, 0.1) is 5.92 Å². The number of halogens is 3. The van der Waals surface area contributed by atoms with Crippen LogP contribution < -0.4 is 0 Å². The summed E-state index contributed by atoms with van der Waals surface area (Å²) in [7, 11) is 1.46. The van der Waals surface area contributed by atoms with E-state index in [2.05, 4.69) is 5.10 Å². The molecule has 21 heavy (non-hydrogen) atoms.